The topological polar surface area (TPSA) is 95.5 Å². The summed E-state index contributed by atoms with van der Waals surface area (Å²) in [6.07, 6.45) is 2.71. The van der Waals surface area contributed by atoms with E-state index in [1.807, 2.05) is 0 Å². The summed E-state index contributed by atoms with van der Waals surface area (Å²) in [5, 5.41) is 8.67. The molecule has 1 amide bonds. The molecule has 0 saturated carbocycles. The van der Waals surface area contributed by atoms with Gasteiger partial charge in [0.05, 0.1) is 19.1 Å². The fraction of sp³-hybridized carbons (Fsp3) is 0.444. The van der Waals surface area contributed by atoms with E-state index in [0.29, 0.717) is 0 Å². The Hall–Kier alpha value is -1.89. The Labute approximate surface area is 92.0 Å². The van der Waals surface area contributed by atoms with Gasteiger partial charge in [0, 0.05) is 13.7 Å². The predicted octanol–water partition coefficient (Wildman–Crippen LogP) is -0.417. The number of hydrogen-bond acceptors (Lipinski definition) is 4. The number of ether oxygens (including phenoxy) is 1. The maximum absolute atomic E-state index is 11.8. The monoisotopic (exact) mass is 227 g/mol. The summed E-state index contributed by atoms with van der Waals surface area (Å²) in [6, 6.07) is 0. The molecule has 2 N–H and O–H groups in total. The van der Waals surface area contributed by atoms with E-state index in [9.17, 15) is 9.59 Å². The van der Waals surface area contributed by atoms with Crippen molar-refractivity contribution in [1.82, 2.24) is 14.9 Å². The van der Waals surface area contributed by atoms with E-state index in [1.165, 1.54) is 24.5 Å². The normalized spacial score (nSPS) is 10.1. The van der Waals surface area contributed by atoms with Crippen LogP contribution >= 0.6 is 0 Å². The molecule has 1 rings (SSSR count). The molecule has 0 aliphatic carbocycles. The Morgan fingerprint density at radius 2 is 2.38 bits per heavy atom. The smallest absolute Gasteiger partial charge is 0.323 e. The van der Waals surface area contributed by atoms with Gasteiger partial charge in [-0.15, -0.1) is 0 Å². The number of imidazole rings is 1. The lowest BCUT2D eigenvalue weighted by atomic mass is 10.3. The summed E-state index contributed by atoms with van der Waals surface area (Å²) in [4.78, 5) is 29.9. The van der Waals surface area contributed by atoms with Crippen molar-refractivity contribution < 1.29 is 19.4 Å². The van der Waals surface area contributed by atoms with E-state index in [2.05, 4.69) is 9.97 Å². The highest BCUT2D eigenvalue weighted by Gasteiger charge is 2.18. The Bertz CT molecular complexity index is 350. The van der Waals surface area contributed by atoms with Gasteiger partial charge in [-0.05, 0) is 0 Å². The van der Waals surface area contributed by atoms with Gasteiger partial charge in [0.2, 0.25) is 0 Å². The minimum Gasteiger partial charge on any atom is -0.480 e. The molecule has 0 fully saturated rings. The number of carbonyl (C=O) groups is 2. The summed E-state index contributed by atoms with van der Waals surface area (Å²) in [6.45, 7) is 0.148. The standard InChI is InChI=1S/C9H13N3O4/c1-16-3-2-12(5-8(13)14)9(15)7-4-10-6-11-7/h4,6H,2-3,5H2,1H3,(H,10,11)(H,13,14). The highest BCUT2D eigenvalue weighted by atomic mass is 16.5. The van der Waals surface area contributed by atoms with Crippen LogP contribution in [-0.4, -0.2) is 58.7 Å². The maximum Gasteiger partial charge on any atom is 0.323 e. The van der Waals surface area contributed by atoms with Crippen LogP contribution in [0.4, 0.5) is 0 Å². The third kappa shape index (κ3) is 3.35. The molecule has 0 atom stereocenters. The van der Waals surface area contributed by atoms with Crippen LogP contribution in [0.5, 0.6) is 0 Å². The van der Waals surface area contributed by atoms with Gasteiger partial charge < -0.3 is 19.7 Å². The molecule has 0 aliphatic rings. The molecule has 0 aromatic carbocycles. The lowest BCUT2D eigenvalue weighted by molar-refractivity contribution is -0.137. The quantitative estimate of drug-likeness (QED) is 0.688. The first-order valence-electron chi connectivity index (χ1n) is 4.63. The summed E-state index contributed by atoms with van der Waals surface area (Å²) < 4.78 is 4.81. The number of amides is 1. The van der Waals surface area contributed by atoms with Crippen LogP contribution in [0, 0.1) is 0 Å². The van der Waals surface area contributed by atoms with Crippen molar-refractivity contribution in [3.63, 3.8) is 0 Å². The predicted molar refractivity (Wildman–Crippen MR) is 54.0 cm³/mol. The molecule has 1 aromatic rings. The number of methoxy groups -OCH3 is 1. The largest absolute Gasteiger partial charge is 0.480 e. The number of carboxylic acid groups (broad SMARTS) is 1. The van der Waals surface area contributed by atoms with Crippen molar-refractivity contribution in [2.75, 3.05) is 26.8 Å². The fourth-order valence-corrected chi connectivity index (χ4v) is 1.16. The van der Waals surface area contributed by atoms with Crippen LogP contribution in [0.15, 0.2) is 12.5 Å². The molecular formula is C9H13N3O4. The number of H-pyrrole nitrogens is 1. The van der Waals surface area contributed by atoms with Gasteiger partial charge in [-0.1, -0.05) is 0 Å². The fourth-order valence-electron chi connectivity index (χ4n) is 1.16. The third-order valence-electron chi connectivity index (χ3n) is 1.91. The maximum atomic E-state index is 11.8. The molecule has 0 spiro atoms. The molecule has 88 valence electrons. The van der Waals surface area contributed by atoms with Crippen LogP contribution in [0.3, 0.4) is 0 Å². The molecule has 1 aromatic heterocycles. The zero-order valence-electron chi connectivity index (χ0n) is 8.84. The number of nitrogens with zero attached hydrogens (tertiary/aromatic N) is 2. The van der Waals surface area contributed by atoms with Gasteiger partial charge in [0.15, 0.2) is 0 Å². The average molecular weight is 227 g/mol. The van der Waals surface area contributed by atoms with Crippen LogP contribution in [-0.2, 0) is 9.53 Å². The summed E-state index contributed by atoms with van der Waals surface area (Å²) in [5.74, 6) is -1.47. The van der Waals surface area contributed by atoms with Crippen molar-refractivity contribution >= 4 is 11.9 Å². The van der Waals surface area contributed by atoms with Crippen molar-refractivity contribution in [2.45, 2.75) is 0 Å². The molecule has 7 heteroatoms. The van der Waals surface area contributed by atoms with Gasteiger partial charge in [-0.3, -0.25) is 9.59 Å². The Morgan fingerprint density at radius 3 is 2.88 bits per heavy atom. The first kappa shape index (κ1) is 12.2. The van der Waals surface area contributed by atoms with Crippen LogP contribution in [0.25, 0.3) is 0 Å². The van der Waals surface area contributed by atoms with Crippen LogP contribution in [0.2, 0.25) is 0 Å². The van der Waals surface area contributed by atoms with E-state index < -0.39 is 11.9 Å². The van der Waals surface area contributed by atoms with E-state index in [-0.39, 0.29) is 25.4 Å². The van der Waals surface area contributed by atoms with Crippen molar-refractivity contribution in [3.05, 3.63) is 18.2 Å². The lowest BCUT2D eigenvalue weighted by Crippen LogP contribution is -2.38. The molecule has 1 heterocycles. The van der Waals surface area contributed by atoms with Gasteiger partial charge in [0.25, 0.3) is 5.91 Å². The van der Waals surface area contributed by atoms with E-state index in [0.717, 1.165) is 0 Å². The minimum atomic E-state index is -1.07. The number of aromatic amines is 1. The Kier molecular flexibility index (Phi) is 4.46. The van der Waals surface area contributed by atoms with E-state index in [1.54, 1.807) is 0 Å². The molecule has 0 unspecified atom stereocenters. The molecule has 0 radical (unpaired) electrons. The summed E-state index contributed by atoms with van der Waals surface area (Å²) >= 11 is 0. The van der Waals surface area contributed by atoms with Crippen molar-refractivity contribution in [2.24, 2.45) is 0 Å². The first-order chi connectivity index (χ1) is 7.65. The number of rotatable bonds is 6. The molecule has 0 bridgehead atoms. The van der Waals surface area contributed by atoms with Gasteiger partial charge in [0.1, 0.15) is 12.2 Å². The molecule has 0 aliphatic heterocycles. The lowest BCUT2D eigenvalue weighted by Gasteiger charge is -2.19. The number of hydrogen-bond donors (Lipinski definition) is 2. The third-order valence-corrected chi connectivity index (χ3v) is 1.91. The second-order valence-electron chi connectivity index (χ2n) is 3.08. The Morgan fingerprint density at radius 1 is 1.62 bits per heavy atom. The van der Waals surface area contributed by atoms with Gasteiger partial charge in [-0.25, -0.2) is 4.98 Å². The van der Waals surface area contributed by atoms with Crippen molar-refractivity contribution in [3.8, 4) is 0 Å². The van der Waals surface area contributed by atoms with E-state index in [4.69, 9.17) is 9.84 Å². The summed E-state index contributed by atoms with van der Waals surface area (Å²) in [7, 11) is 1.49. The number of nitrogens with one attached hydrogen (secondary N) is 1. The molecule has 0 saturated heterocycles. The second-order valence-corrected chi connectivity index (χ2v) is 3.08. The summed E-state index contributed by atoms with van der Waals surface area (Å²) in [5.41, 5.74) is 0.261. The van der Waals surface area contributed by atoms with Crippen LogP contribution < -0.4 is 0 Å². The first-order valence-corrected chi connectivity index (χ1v) is 4.63. The molecule has 7 nitrogen and oxygen atoms in total. The zero-order chi connectivity index (χ0) is 12.0. The van der Waals surface area contributed by atoms with E-state index >= 15 is 0 Å². The Balaban J connectivity index is 2.67. The minimum absolute atomic E-state index is 0.223. The number of aromatic nitrogens is 2. The number of carboxylic acids is 1. The highest BCUT2D eigenvalue weighted by Crippen LogP contribution is 2.00. The SMILES string of the molecule is COCCN(CC(=O)O)C(=O)c1cnc[nH]1. The van der Waals surface area contributed by atoms with Gasteiger partial charge >= 0.3 is 5.97 Å². The average Bonchev–Trinajstić information content (AvgIpc) is 2.76. The zero-order valence-corrected chi connectivity index (χ0v) is 8.84. The van der Waals surface area contributed by atoms with Crippen LogP contribution in [0.1, 0.15) is 10.5 Å². The van der Waals surface area contributed by atoms with Crippen molar-refractivity contribution in [1.29, 1.82) is 0 Å². The molecule has 16 heavy (non-hydrogen) atoms. The second kappa shape index (κ2) is 5.86. The molecular weight excluding hydrogens is 214 g/mol. The van der Waals surface area contributed by atoms with Gasteiger partial charge in [-0.2, -0.15) is 0 Å². The number of carbonyl (C=O) groups excluding carboxylic acids is 1. The highest BCUT2D eigenvalue weighted by molar-refractivity contribution is 5.93. The number of aliphatic carboxylic acids is 1.